The first-order chi connectivity index (χ1) is 10.1. The molecular weight excluding hydrogens is 372 g/mol. The summed E-state index contributed by atoms with van der Waals surface area (Å²) < 4.78 is 1.90. The molecule has 0 saturated carbocycles. The molecule has 0 aliphatic rings. The van der Waals surface area contributed by atoms with Crippen LogP contribution in [-0.2, 0) is 0 Å². The van der Waals surface area contributed by atoms with Crippen molar-refractivity contribution in [1.82, 2.24) is 4.98 Å². The Bertz CT molecular complexity index is 847. The summed E-state index contributed by atoms with van der Waals surface area (Å²) in [7, 11) is 0. The molecule has 0 spiro atoms. The smallest absolute Gasteiger partial charge is 0.268 e. The summed E-state index contributed by atoms with van der Waals surface area (Å²) in [6.45, 7) is 1.87. The second kappa shape index (κ2) is 5.75. The number of aryl methyl sites for hydroxylation is 1. The number of hydrogen-bond acceptors (Lipinski definition) is 3. The molecule has 2 heterocycles. The Balaban J connectivity index is 1.93. The quantitative estimate of drug-likeness (QED) is 0.657. The van der Waals surface area contributed by atoms with E-state index in [1.165, 1.54) is 11.3 Å². The Labute approximate surface area is 139 Å². The number of anilines is 1. The zero-order valence-electron chi connectivity index (χ0n) is 11.0. The Morgan fingerprint density at radius 2 is 2.05 bits per heavy atom. The summed E-state index contributed by atoms with van der Waals surface area (Å²) in [4.78, 5) is 17.2. The molecule has 21 heavy (non-hydrogen) atoms. The van der Waals surface area contributed by atoms with Gasteiger partial charge in [-0.25, -0.2) is 4.98 Å². The van der Waals surface area contributed by atoms with E-state index in [0.29, 0.717) is 15.7 Å². The van der Waals surface area contributed by atoms with Gasteiger partial charge < -0.3 is 5.32 Å². The van der Waals surface area contributed by atoms with Crippen LogP contribution in [0.5, 0.6) is 0 Å². The van der Waals surface area contributed by atoms with Gasteiger partial charge in [-0.3, -0.25) is 4.79 Å². The SMILES string of the molecule is Cc1nc(NC(=O)c2sc3ccccc3c2Cl)ccc1Br. The summed E-state index contributed by atoms with van der Waals surface area (Å²) in [5, 5.41) is 4.17. The molecule has 0 atom stereocenters. The van der Waals surface area contributed by atoms with Crippen LogP contribution in [0.1, 0.15) is 15.4 Å². The molecule has 1 N–H and O–H groups in total. The predicted molar refractivity (Wildman–Crippen MR) is 91.5 cm³/mol. The van der Waals surface area contributed by atoms with Gasteiger partial charge in [0.2, 0.25) is 0 Å². The van der Waals surface area contributed by atoms with Gasteiger partial charge in [0.1, 0.15) is 10.7 Å². The van der Waals surface area contributed by atoms with Crippen LogP contribution < -0.4 is 5.32 Å². The van der Waals surface area contributed by atoms with Crippen LogP contribution in [0.15, 0.2) is 40.9 Å². The maximum Gasteiger partial charge on any atom is 0.268 e. The zero-order chi connectivity index (χ0) is 15.0. The minimum absolute atomic E-state index is 0.240. The Hall–Kier alpha value is -1.43. The second-order valence-electron chi connectivity index (χ2n) is 4.46. The van der Waals surface area contributed by atoms with Crippen molar-refractivity contribution in [2.75, 3.05) is 5.32 Å². The topological polar surface area (TPSA) is 42.0 Å². The van der Waals surface area contributed by atoms with E-state index in [0.717, 1.165) is 20.3 Å². The number of carbonyl (C=O) groups is 1. The molecule has 106 valence electrons. The van der Waals surface area contributed by atoms with Crippen LogP contribution in [0.3, 0.4) is 0 Å². The van der Waals surface area contributed by atoms with E-state index in [-0.39, 0.29) is 5.91 Å². The first-order valence-electron chi connectivity index (χ1n) is 6.18. The van der Waals surface area contributed by atoms with Crippen LogP contribution in [0.2, 0.25) is 5.02 Å². The number of pyridine rings is 1. The van der Waals surface area contributed by atoms with Crippen molar-refractivity contribution in [2.24, 2.45) is 0 Å². The molecular formula is C15H10BrClN2OS. The van der Waals surface area contributed by atoms with Gasteiger partial charge in [0, 0.05) is 14.6 Å². The normalized spacial score (nSPS) is 10.8. The molecule has 6 heteroatoms. The summed E-state index contributed by atoms with van der Waals surface area (Å²) >= 11 is 11.1. The number of nitrogens with one attached hydrogen (secondary N) is 1. The highest BCUT2D eigenvalue weighted by Gasteiger charge is 2.17. The number of thiophene rings is 1. The van der Waals surface area contributed by atoms with Gasteiger partial charge in [0.25, 0.3) is 5.91 Å². The fourth-order valence-corrected chi connectivity index (χ4v) is 3.58. The van der Waals surface area contributed by atoms with Gasteiger partial charge in [0.15, 0.2) is 0 Å². The Kier molecular flexibility index (Phi) is 3.97. The number of nitrogens with zero attached hydrogens (tertiary/aromatic N) is 1. The fraction of sp³-hybridized carbons (Fsp3) is 0.0667. The summed E-state index contributed by atoms with van der Waals surface area (Å²) in [6.07, 6.45) is 0. The highest BCUT2D eigenvalue weighted by Crippen LogP contribution is 2.35. The third-order valence-electron chi connectivity index (χ3n) is 3.00. The number of carbonyl (C=O) groups excluding carboxylic acids is 1. The molecule has 0 aliphatic heterocycles. The van der Waals surface area contributed by atoms with E-state index in [2.05, 4.69) is 26.2 Å². The number of amides is 1. The van der Waals surface area contributed by atoms with Gasteiger partial charge in [0.05, 0.1) is 10.7 Å². The van der Waals surface area contributed by atoms with Crippen molar-refractivity contribution in [3.05, 3.63) is 56.5 Å². The van der Waals surface area contributed by atoms with Crippen molar-refractivity contribution in [3.8, 4) is 0 Å². The number of rotatable bonds is 2. The predicted octanol–water partition coefficient (Wildman–Crippen LogP) is 5.27. The standard InChI is InChI=1S/C15H10BrClN2OS/c1-8-10(16)6-7-12(18-8)19-15(20)14-13(17)9-4-2-3-5-11(9)21-14/h2-7H,1H3,(H,18,19,20). The molecule has 3 nitrogen and oxygen atoms in total. The third-order valence-corrected chi connectivity index (χ3v) is 5.52. The van der Waals surface area contributed by atoms with E-state index < -0.39 is 0 Å². The van der Waals surface area contributed by atoms with Crippen LogP contribution >= 0.6 is 38.9 Å². The third kappa shape index (κ3) is 2.81. The van der Waals surface area contributed by atoms with E-state index in [1.807, 2.05) is 37.3 Å². The van der Waals surface area contributed by atoms with Gasteiger partial charge >= 0.3 is 0 Å². The molecule has 0 radical (unpaired) electrons. The first-order valence-corrected chi connectivity index (χ1v) is 8.16. The van der Waals surface area contributed by atoms with Crippen molar-refractivity contribution in [3.63, 3.8) is 0 Å². The van der Waals surface area contributed by atoms with E-state index in [4.69, 9.17) is 11.6 Å². The Morgan fingerprint density at radius 1 is 1.29 bits per heavy atom. The lowest BCUT2D eigenvalue weighted by atomic mass is 10.2. The molecule has 2 aromatic heterocycles. The lowest BCUT2D eigenvalue weighted by molar-refractivity contribution is 0.103. The van der Waals surface area contributed by atoms with Gasteiger partial charge in [-0.1, -0.05) is 29.8 Å². The lowest BCUT2D eigenvalue weighted by Crippen LogP contribution is -2.12. The van der Waals surface area contributed by atoms with Crippen LogP contribution in [0, 0.1) is 6.92 Å². The van der Waals surface area contributed by atoms with Crippen LogP contribution in [0.25, 0.3) is 10.1 Å². The minimum Gasteiger partial charge on any atom is -0.306 e. The fourth-order valence-electron chi connectivity index (χ4n) is 1.95. The molecule has 0 unspecified atom stereocenters. The largest absolute Gasteiger partial charge is 0.306 e. The van der Waals surface area contributed by atoms with Crippen molar-refractivity contribution in [1.29, 1.82) is 0 Å². The molecule has 0 saturated heterocycles. The second-order valence-corrected chi connectivity index (χ2v) is 6.74. The summed E-state index contributed by atoms with van der Waals surface area (Å²) in [6, 6.07) is 11.3. The van der Waals surface area contributed by atoms with Crippen LogP contribution in [0.4, 0.5) is 5.82 Å². The molecule has 0 fully saturated rings. The number of benzene rings is 1. The average molecular weight is 382 g/mol. The van der Waals surface area contributed by atoms with E-state index >= 15 is 0 Å². The molecule has 3 aromatic rings. The van der Waals surface area contributed by atoms with Gasteiger partial charge in [-0.05, 0) is 41.1 Å². The van der Waals surface area contributed by atoms with Crippen molar-refractivity contribution < 1.29 is 4.79 Å². The molecule has 0 aliphatic carbocycles. The van der Waals surface area contributed by atoms with Crippen molar-refractivity contribution in [2.45, 2.75) is 6.92 Å². The minimum atomic E-state index is -0.240. The molecule has 3 rings (SSSR count). The maximum absolute atomic E-state index is 12.4. The molecule has 0 bridgehead atoms. The summed E-state index contributed by atoms with van der Waals surface area (Å²) in [5.41, 5.74) is 0.815. The van der Waals surface area contributed by atoms with Crippen molar-refractivity contribution >= 4 is 60.7 Å². The van der Waals surface area contributed by atoms with Gasteiger partial charge in [-0.2, -0.15) is 0 Å². The highest BCUT2D eigenvalue weighted by molar-refractivity contribution is 9.10. The summed E-state index contributed by atoms with van der Waals surface area (Å²) in [5.74, 6) is 0.268. The van der Waals surface area contributed by atoms with Crippen LogP contribution in [-0.4, -0.2) is 10.9 Å². The molecule has 1 amide bonds. The monoisotopic (exact) mass is 380 g/mol. The lowest BCUT2D eigenvalue weighted by Gasteiger charge is -2.05. The number of hydrogen-bond donors (Lipinski definition) is 1. The number of halogens is 2. The Morgan fingerprint density at radius 3 is 2.76 bits per heavy atom. The highest BCUT2D eigenvalue weighted by atomic mass is 79.9. The van der Waals surface area contributed by atoms with E-state index in [1.54, 1.807) is 6.07 Å². The van der Waals surface area contributed by atoms with E-state index in [9.17, 15) is 4.79 Å². The number of aromatic nitrogens is 1. The first kappa shape index (κ1) is 14.5. The molecule has 1 aromatic carbocycles. The average Bonchev–Trinajstić information content (AvgIpc) is 2.81. The maximum atomic E-state index is 12.4. The van der Waals surface area contributed by atoms with Gasteiger partial charge in [-0.15, -0.1) is 11.3 Å². The zero-order valence-corrected chi connectivity index (χ0v) is 14.1. The number of fused-ring (bicyclic) bond motifs is 1.